The maximum atomic E-state index is 12.4. The fourth-order valence-electron chi connectivity index (χ4n) is 2.86. The van der Waals surface area contributed by atoms with E-state index in [0.29, 0.717) is 6.54 Å². The molecule has 0 bridgehead atoms. The molecule has 2 rings (SSSR count). The molecule has 4 heteroatoms. The summed E-state index contributed by atoms with van der Waals surface area (Å²) in [7, 11) is 0. The molecule has 0 spiro atoms. The highest BCUT2D eigenvalue weighted by atomic mass is 16.2. The number of aryl methyl sites for hydroxylation is 2. The van der Waals surface area contributed by atoms with E-state index in [1.54, 1.807) is 0 Å². The Bertz CT molecular complexity index is 517. The number of rotatable bonds is 6. The minimum absolute atomic E-state index is 0.0635. The van der Waals surface area contributed by atoms with E-state index in [1.807, 2.05) is 13.0 Å². The number of hydrogen-bond donors (Lipinski definition) is 1. The van der Waals surface area contributed by atoms with Crippen LogP contribution in [0.4, 0.5) is 5.69 Å². The maximum absolute atomic E-state index is 12.4. The van der Waals surface area contributed by atoms with Gasteiger partial charge in [0.15, 0.2) is 0 Å². The molecule has 1 aliphatic rings. The lowest BCUT2D eigenvalue weighted by Gasteiger charge is -2.19. The topological polar surface area (TPSA) is 49.4 Å². The second-order valence-corrected chi connectivity index (χ2v) is 5.44. The van der Waals surface area contributed by atoms with Gasteiger partial charge in [0.05, 0.1) is 6.42 Å². The van der Waals surface area contributed by atoms with Crippen LogP contribution in [-0.4, -0.2) is 29.3 Å². The van der Waals surface area contributed by atoms with Gasteiger partial charge in [-0.15, -0.1) is 0 Å². The van der Waals surface area contributed by atoms with Gasteiger partial charge in [-0.25, -0.2) is 0 Å². The molecule has 1 fully saturated rings. The summed E-state index contributed by atoms with van der Waals surface area (Å²) < 4.78 is 0. The standard InChI is InChI=1S/C17H24N2O2/c1-4-10-19-15(20)11-14(17(19)21)18-16-12(5-2)8-7-9-13(16)6-3/h7-9,14,18H,4-6,10-11H2,1-3H3. The van der Waals surface area contributed by atoms with E-state index in [-0.39, 0.29) is 18.2 Å². The highest BCUT2D eigenvalue weighted by molar-refractivity contribution is 6.06. The summed E-state index contributed by atoms with van der Waals surface area (Å²) in [6, 6.07) is 5.79. The first-order valence-electron chi connectivity index (χ1n) is 7.83. The predicted octanol–water partition coefficient (Wildman–Crippen LogP) is 2.76. The summed E-state index contributed by atoms with van der Waals surface area (Å²) in [6.07, 6.45) is 2.88. The third-order valence-electron chi connectivity index (χ3n) is 4.01. The molecule has 0 aliphatic carbocycles. The number of nitrogens with one attached hydrogen (secondary N) is 1. The number of nitrogens with zero attached hydrogens (tertiary/aromatic N) is 1. The van der Waals surface area contributed by atoms with Crippen LogP contribution in [0.3, 0.4) is 0 Å². The maximum Gasteiger partial charge on any atom is 0.252 e. The Morgan fingerprint density at radius 1 is 1.14 bits per heavy atom. The van der Waals surface area contributed by atoms with Crippen molar-refractivity contribution in [3.8, 4) is 0 Å². The molecule has 1 heterocycles. The first-order chi connectivity index (χ1) is 10.1. The summed E-state index contributed by atoms with van der Waals surface area (Å²) in [5.41, 5.74) is 3.43. The van der Waals surface area contributed by atoms with Gasteiger partial charge in [0.25, 0.3) is 5.91 Å². The van der Waals surface area contributed by atoms with E-state index >= 15 is 0 Å². The summed E-state index contributed by atoms with van der Waals surface area (Å²) in [4.78, 5) is 25.7. The Morgan fingerprint density at radius 2 is 1.76 bits per heavy atom. The molecule has 1 aliphatic heterocycles. The fraction of sp³-hybridized carbons (Fsp3) is 0.529. The van der Waals surface area contributed by atoms with Crippen LogP contribution in [0.5, 0.6) is 0 Å². The summed E-state index contributed by atoms with van der Waals surface area (Å²) >= 11 is 0. The minimum atomic E-state index is -0.415. The van der Waals surface area contributed by atoms with E-state index < -0.39 is 6.04 Å². The first kappa shape index (κ1) is 15.5. The average molecular weight is 288 g/mol. The van der Waals surface area contributed by atoms with Crippen molar-refractivity contribution < 1.29 is 9.59 Å². The summed E-state index contributed by atoms with van der Waals surface area (Å²) in [6.45, 7) is 6.70. The third-order valence-corrected chi connectivity index (χ3v) is 4.01. The molecule has 1 atom stereocenters. The average Bonchev–Trinajstić information content (AvgIpc) is 2.75. The van der Waals surface area contributed by atoms with Crippen molar-refractivity contribution in [1.29, 1.82) is 0 Å². The minimum Gasteiger partial charge on any atom is -0.373 e. The van der Waals surface area contributed by atoms with Gasteiger partial charge in [0, 0.05) is 12.2 Å². The Hall–Kier alpha value is -1.84. The Balaban J connectivity index is 2.23. The van der Waals surface area contributed by atoms with Gasteiger partial charge in [-0.3, -0.25) is 14.5 Å². The largest absolute Gasteiger partial charge is 0.373 e. The molecule has 1 aromatic carbocycles. The molecule has 21 heavy (non-hydrogen) atoms. The summed E-state index contributed by atoms with van der Waals surface area (Å²) in [5, 5.41) is 3.34. The molecule has 0 aromatic heterocycles. The number of benzene rings is 1. The number of likely N-dealkylation sites (tertiary alicyclic amines) is 1. The lowest BCUT2D eigenvalue weighted by atomic mass is 10.0. The number of anilines is 1. The van der Waals surface area contributed by atoms with Gasteiger partial charge in [-0.1, -0.05) is 39.0 Å². The van der Waals surface area contributed by atoms with E-state index in [0.717, 1.165) is 24.9 Å². The highest BCUT2D eigenvalue weighted by Gasteiger charge is 2.38. The van der Waals surface area contributed by atoms with Crippen LogP contribution < -0.4 is 5.32 Å². The molecule has 1 aromatic rings. The van der Waals surface area contributed by atoms with Crippen molar-refractivity contribution >= 4 is 17.5 Å². The molecule has 2 amide bonds. The number of para-hydroxylation sites is 1. The van der Waals surface area contributed by atoms with Crippen LogP contribution in [0.25, 0.3) is 0 Å². The summed E-state index contributed by atoms with van der Waals surface area (Å²) in [5.74, 6) is -0.152. The Kier molecular flexibility index (Phi) is 4.99. The zero-order chi connectivity index (χ0) is 15.4. The normalized spacial score (nSPS) is 18.4. The van der Waals surface area contributed by atoms with Gasteiger partial charge < -0.3 is 5.32 Å². The molecule has 1 unspecified atom stereocenters. The van der Waals surface area contributed by atoms with E-state index in [2.05, 4.69) is 31.3 Å². The van der Waals surface area contributed by atoms with Crippen molar-refractivity contribution in [2.45, 2.75) is 52.5 Å². The van der Waals surface area contributed by atoms with Crippen LogP contribution in [0.15, 0.2) is 18.2 Å². The molecule has 1 N–H and O–H groups in total. The first-order valence-corrected chi connectivity index (χ1v) is 7.83. The smallest absolute Gasteiger partial charge is 0.252 e. The van der Waals surface area contributed by atoms with Crippen molar-refractivity contribution in [2.24, 2.45) is 0 Å². The highest BCUT2D eigenvalue weighted by Crippen LogP contribution is 2.26. The second-order valence-electron chi connectivity index (χ2n) is 5.44. The van der Waals surface area contributed by atoms with Gasteiger partial charge in [0.2, 0.25) is 5.91 Å². The molecular weight excluding hydrogens is 264 g/mol. The molecule has 114 valence electrons. The van der Waals surface area contributed by atoms with E-state index in [9.17, 15) is 9.59 Å². The number of imide groups is 1. The van der Waals surface area contributed by atoms with Gasteiger partial charge in [-0.2, -0.15) is 0 Å². The van der Waals surface area contributed by atoms with E-state index in [4.69, 9.17) is 0 Å². The third kappa shape index (κ3) is 3.09. The fourth-order valence-corrected chi connectivity index (χ4v) is 2.86. The van der Waals surface area contributed by atoms with Gasteiger partial charge in [-0.05, 0) is 30.4 Å². The second kappa shape index (κ2) is 6.74. The Morgan fingerprint density at radius 3 is 2.29 bits per heavy atom. The Labute approximate surface area is 126 Å². The monoisotopic (exact) mass is 288 g/mol. The van der Waals surface area contributed by atoms with Gasteiger partial charge >= 0.3 is 0 Å². The quantitative estimate of drug-likeness (QED) is 0.819. The van der Waals surface area contributed by atoms with Crippen LogP contribution in [0.2, 0.25) is 0 Å². The zero-order valence-electron chi connectivity index (χ0n) is 13.1. The van der Waals surface area contributed by atoms with Crippen molar-refractivity contribution in [1.82, 2.24) is 4.90 Å². The molecule has 4 nitrogen and oxygen atoms in total. The SMILES string of the molecule is CCCN1C(=O)CC(Nc2c(CC)cccc2CC)C1=O. The lowest BCUT2D eigenvalue weighted by Crippen LogP contribution is -2.35. The number of carbonyl (C=O) groups excluding carboxylic acids is 2. The van der Waals surface area contributed by atoms with Crippen molar-refractivity contribution in [3.05, 3.63) is 29.3 Å². The lowest BCUT2D eigenvalue weighted by molar-refractivity contribution is -0.138. The van der Waals surface area contributed by atoms with Crippen LogP contribution in [0.1, 0.15) is 44.7 Å². The van der Waals surface area contributed by atoms with Crippen LogP contribution in [0, 0.1) is 0 Å². The van der Waals surface area contributed by atoms with Gasteiger partial charge in [0.1, 0.15) is 6.04 Å². The number of carbonyl (C=O) groups is 2. The zero-order valence-corrected chi connectivity index (χ0v) is 13.1. The molecule has 0 radical (unpaired) electrons. The molecule has 0 saturated carbocycles. The molecular formula is C17H24N2O2. The van der Waals surface area contributed by atoms with Crippen molar-refractivity contribution in [2.75, 3.05) is 11.9 Å². The van der Waals surface area contributed by atoms with Crippen molar-refractivity contribution in [3.63, 3.8) is 0 Å². The van der Waals surface area contributed by atoms with E-state index in [1.165, 1.54) is 16.0 Å². The molecule has 1 saturated heterocycles. The number of hydrogen-bond acceptors (Lipinski definition) is 3. The van der Waals surface area contributed by atoms with Crippen LogP contribution >= 0.6 is 0 Å². The predicted molar refractivity (Wildman–Crippen MR) is 84.2 cm³/mol. The number of amides is 2. The van der Waals surface area contributed by atoms with Crippen LogP contribution in [-0.2, 0) is 22.4 Å².